The van der Waals surface area contributed by atoms with E-state index < -0.39 is 12.1 Å². The molecule has 0 aromatic heterocycles. The van der Waals surface area contributed by atoms with Gasteiger partial charge in [0.25, 0.3) is 5.91 Å². The van der Waals surface area contributed by atoms with Gasteiger partial charge in [-0.25, -0.2) is 4.79 Å². The summed E-state index contributed by atoms with van der Waals surface area (Å²) in [6.07, 6.45) is 2.93. The van der Waals surface area contributed by atoms with Crippen LogP contribution in [-0.2, 0) is 16.0 Å². The molecule has 1 aromatic rings. The molecule has 0 aliphatic carbocycles. The molecule has 0 saturated heterocycles. The lowest BCUT2D eigenvalue weighted by atomic mass is 9.98. The number of ether oxygens (including phenoxy) is 1. The second-order valence-electron chi connectivity index (χ2n) is 4.75. The molecule has 0 fully saturated rings. The molecule has 1 aliphatic heterocycles. The third-order valence-electron chi connectivity index (χ3n) is 3.26. The van der Waals surface area contributed by atoms with Gasteiger partial charge in [-0.2, -0.15) is 0 Å². The fourth-order valence-corrected chi connectivity index (χ4v) is 2.18. The van der Waals surface area contributed by atoms with Gasteiger partial charge in [0.05, 0.1) is 5.56 Å². The summed E-state index contributed by atoms with van der Waals surface area (Å²) in [7, 11) is 0. The zero-order valence-electron chi connectivity index (χ0n) is 11.1. The van der Waals surface area contributed by atoms with Crippen molar-refractivity contribution in [3.63, 3.8) is 0 Å². The summed E-state index contributed by atoms with van der Waals surface area (Å²) in [4.78, 5) is 23.7. The summed E-state index contributed by atoms with van der Waals surface area (Å²) in [6, 6.07) is 7.26. The molecular formula is C15H19NO3. The summed E-state index contributed by atoms with van der Waals surface area (Å²) >= 11 is 0. The fraction of sp³-hybridized carbons (Fsp3) is 0.467. The Morgan fingerprint density at radius 1 is 1.37 bits per heavy atom. The average Bonchev–Trinajstić information content (AvgIpc) is 2.43. The Kier molecular flexibility index (Phi) is 4.55. The molecule has 2 rings (SSSR count). The minimum Gasteiger partial charge on any atom is -0.448 e. The monoisotopic (exact) mass is 261 g/mol. The van der Waals surface area contributed by atoms with E-state index >= 15 is 0 Å². The van der Waals surface area contributed by atoms with Crippen molar-refractivity contribution in [2.24, 2.45) is 0 Å². The highest BCUT2D eigenvalue weighted by molar-refractivity contribution is 5.95. The Morgan fingerprint density at radius 2 is 2.16 bits per heavy atom. The fourth-order valence-electron chi connectivity index (χ4n) is 2.18. The van der Waals surface area contributed by atoms with Gasteiger partial charge >= 0.3 is 5.97 Å². The number of rotatable bonds is 5. The number of benzene rings is 1. The topological polar surface area (TPSA) is 55.4 Å². The van der Waals surface area contributed by atoms with Crippen LogP contribution in [0.5, 0.6) is 0 Å². The molecule has 19 heavy (non-hydrogen) atoms. The predicted octanol–water partition coefficient (Wildman–Crippen LogP) is 2.07. The molecule has 1 heterocycles. The van der Waals surface area contributed by atoms with Crippen molar-refractivity contribution in [3.8, 4) is 0 Å². The van der Waals surface area contributed by atoms with Crippen LogP contribution in [0.3, 0.4) is 0 Å². The van der Waals surface area contributed by atoms with E-state index in [2.05, 4.69) is 12.2 Å². The number of nitrogens with one attached hydrogen (secondary N) is 1. The van der Waals surface area contributed by atoms with Gasteiger partial charge in [0.15, 0.2) is 6.10 Å². The maximum atomic E-state index is 11.9. The van der Waals surface area contributed by atoms with Crippen molar-refractivity contribution in [1.29, 1.82) is 0 Å². The summed E-state index contributed by atoms with van der Waals surface area (Å²) in [5.74, 6) is -0.602. The molecule has 4 nitrogen and oxygen atoms in total. The Morgan fingerprint density at radius 3 is 2.95 bits per heavy atom. The molecule has 0 spiro atoms. The van der Waals surface area contributed by atoms with Crippen LogP contribution < -0.4 is 5.32 Å². The lowest BCUT2D eigenvalue weighted by Crippen LogP contribution is -2.42. The normalized spacial score (nSPS) is 17.5. The van der Waals surface area contributed by atoms with E-state index in [4.69, 9.17) is 4.74 Å². The van der Waals surface area contributed by atoms with Crippen LogP contribution >= 0.6 is 0 Å². The van der Waals surface area contributed by atoms with E-state index in [1.54, 1.807) is 12.1 Å². The maximum Gasteiger partial charge on any atom is 0.339 e. The van der Waals surface area contributed by atoms with Crippen LogP contribution in [0.2, 0.25) is 0 Å². The van der Waals surface area contributed by atoms with Crippen molar-refractivity contribution in [2.45, 2.75) is 38.7 Å². The van der Waals surface area contributed by atoms with Crippen LogP contribution in [0.4, 0.5) is 0 Å². The Balaban J connectivity index is 1.93. The number of hydrogen-bond donors (Lipinski definition) is 1. The van der Waals surface area contributed by atoms with E-state index in [0.29, 0.717) is 18.5 Å². The average molecular weight is 261 g/mol. The molecular weight excluding hydrogens is 242 g/mol. The van der Waals surface area contributed by atoms with Crippen molar-refractivity contribution in [3.05, 3.63) is 35.4 Å². The van der Waals surface area contributed by atoms with E-state index in [9.17, 15) is 9.59 Å². The maximum absolute atomic E-state index is 11.9. The molecule has 1 aromatic carbocycles. The van der Waals surface area contributed by atoms with Gasteiger partial charge in [0.2, 0.25) is 0 Å². The largest absolute Gasteiger partial charge is 0.448 e. The number of cyclic esters (lactones) is 1. The molecule has 1 unspecified atom stereocenters. The first-order valence-corrected chi connectivity index (χ1v) is 6.79. The van der Waals surface area contributed by atoms with Crippen LogP contribution in [0.25, 0.3) is 0 Å². The highest BCUT2D eigenvalue weighted by Crippen LogP contribution is 2.20. The minimum atomic E-state index is -0.691. The Labute approximate surface area is 113 Å². The van der Waals surface area contributed by atoms with Crippen LogP contribution in [0.15, 0.2) is 24.3 Å². The molecule has 1 atom stereocenters. The first-order chi connectivity index (χ1) is 9.22. The Hall–Kier alpha value is -1.84. The number of carbonyl (C=O) groups is 2. The summed E-state index contributed by atoms with van der Waals surface area (Å²) in [5, 5.41) is 2.82. The highest BCUT2D eigenvalue weighted by Gasteiger charge is 2.30. The lowest BCUT2D eigenvalue weighted by Gasteiger charge is -2.23. The SMILES string of the molecule is CCCCCNC(=O)C1Cc2ccccc2C(=O)O1. The van der Waals surface area contributed by atoms with E-state index in [0.717, 1.165) is 24.8 Å². The summed E-state index contributed by atoms with van der Waals surface area (Å²) in [6.45, 7) is 2.75. The molecule has 0 radical (unpaired) electrons. The third kappa shape index (κ3) is 3.34. The van der Waals surface area contributed by atoms with Crippen molar-refractivity contribution in [2.75, 3.05) is 6.54 Å². The molecule has 1 N–H and O–H groups in total. The molecule has 102 valence electrons. The second-order valence-corrected chi connectivity index (χ2v) is 4.75. The van der Waals surface area contributed by atoms with Crippen LogP contribution in [0.1, 0.15) is 42.1 Å². The van der Waals surface area contributed by atoms with Crippen molar-refractivity contribution >= 4 is 11.9 Å². The lowest BCUT2D eigenvalue weighted by molar-refractivity contribution is -0.130. The number of carbonyl (C=O) groups excluding carboxylic acids is 2. The van der Waals surface area contributed by atoms with Gasteiger partial charge in [0, 0.05) is 13.0 Å². The summed E-state index contributed by atoms with van der Waals surface area (Å²) in [5.41, 5.74) is 1.45. The van der Waals surface area contributed by atoms with Crippen LogP contribution in [0, 0.1) is 0 Å². The van der Waals surface area contributed by atoms with Gasteiger partial charge in [-0.05, 0) is 18.1 Å². The van der Waals surface area contributed by atoms with Gasteiger partial charge < -0.3 is 10.1 Å². The Bertz CT molecular complexity index is 470. The smallest absolute Gasteiger partial charge is 0.339 e. The number of hydrogen-bond acceptors (Lipinski definition) is 3. The minimum absolute atomic E-state index is 0.195. The quantitative estimate of drug-likeness (QED) is 0.652. The molecule has 1 amide bonds. The number of unbranched alkanes of at least 4 members (excludes halogenated alkanes) is 2. The first-order valence-electron chi connectivity index (χ1n) is 6.79. The molecule has 0 bridgehead atoms. The van der Waals surface area contributed by atoms with Crippen LogP contribution in [-0.4, -0.2) is 24.5 Å². The second kappa shape index (κ2) is 6.36. The number of fused-ring (bicyclic) bond motifs is 1. The van der Waals surface area contributed by atoms with Gasteiger partial charge in [-0.3, -0.25) is 4.79 Å². The third-order valence-corrected chi connectivity index (χ3v) is 3.26. The van der Waals surface area contributed by atoms with E-state index in [1.165, 1.54) is 0 Å². The predicted molar refractivity (Wildman–Crippen MR) is 71.9 cm³/mol. The van der Waals surface area contributed by atoms with Gasteiger partial charge in [0.1, 0.15) is 0 Å². The van der Waals surface area contributed by atoms with E-state index in [1.807, 2.05) is 12.1 Å². The van der Waals surface area contributed by atoms with E-state index in [-0.39, 0.29) is 5.91 Å². The summed E-state index contributed by atoms with van der Waals surface area (Å²) < 4.78 is 5.18. The number of amides is 1. The van der Waals surface area contributed by atoms with Gasteiger partial charge in [-0.15, -0.1) is 0 Å². The van der Waals surface area contributed by atoms with Crippen molar-refractivity contribution < 1.29 is 14.3 Å². The zero-order chi connectivity index (χ0) is 13.7. The molecule has 1 aliphatic rings. The first kappa shape index (κ1) is 13.6. The van der Waals surface area contributed by atoms with Crippen molar-refractivity contribution in [1.82, 2.24) is 5.32 Å². The van der Waals surface area contributed by atoms with Gasteiger partial charge in [-0.1, -0.05) is 38.0 Å². The molecule has 0 saturated carbocycles. The zero-order valence-corrected chi connectivity index (χ0v) is 11.1. The number of esters is 1. The highest BCUT2D eigenvalue weighted by atomic mass is 16.5. The standard InChI is InChI=1S/C15H19NO3/c1-2-3-6-9-16-14(17)13-10-11-7-4-5-8-12(11)15(18)19-13/h4-5,7-8,13H,2-3,6,9-10H2,1H3,(H,16,17). The molecule has 4 heteroatoms.